The predicted molar refractivity (Wildman–Crippen MR) is 76.0 cm³/mol. The Balaban J connectivity index is 1.83. The number of fused-ring (bicyclic) bond motifs is 7. The third kappa shape index (κ3) is 1.32. The van der Waals surface area contributed by atoms with Gasteiger partial charge in [-0.3, -0.25) is 0 Å². The summed E-state index contributed by atoms with van der Waals surface area (Å²) >= 11 is 0. The first-order valence-electron chi connectivity index (χ1n) is 7.86. The minimum Gasteiger partial charge on any atom is -0.364 e. The quantitative estimate of drug-likeness (QED) is 0.636. The molecule has 0 aromatic heterocycles. The van der Waals surface area contributed by atoms with Crippen molar-refractivity contribution >= 4 is 0 Å². The van der Waals surface area contributed by atoms with Crippen LogP contribution >= 0.6 is 0 Å². The molecule has 0 amide bonds. The Morgan fingerprint density at radius 1 is 1.35 bits per heavy atom. The van der Waals surface area contributed by atoms with Crippen molar-refractivity contribution in [3.8, 4) is 0 Å². The summed E-state index contributed by atoms with van der Waals surface area (Å²) in [7, 11) is 0. The van der Waals surface area contributed by atoms with E-state index in [1.165, 1.54) is 0 Å². The van der Waals surface area contributed by atoms with E-state index in [1.807, 2.05) is 6.08 Å². The SMILES string of the molecule is C=CCC[C@]12C=C[C@]3(C)O[C@@H]3[C@H]1[C@H]1CC[C@@H](C)C2(O)O1. The molecule has 7 atom stereocenters. The second-order valence-corrected chi connectivity index (χ2v) is 7.28. The van der Waals surface area contributed by atoms with Gasteiger partial charge in [-0.05, 0) is 32.6 Å². The average Bonchev–Trinajstić information content (AvgIpc) is 3.05. The van der Waals surface area contributed by atoms with E-state index in [0.29, 0.717) is 0 Å². The van der Waals surface area contributed by atoms with Crippen molar-refractivity contribution in [3.05, 3.63) is 24.8 Å². The zero-order valence-electron chi connectivity index (χ0n) is 12.3. The molecule has 0 spiro atoms. The summed E-state index contributed by atoms with van der Waals surface area (Å²) in [6, 6.07) is 0. The van der Waals surface area contributed by atoms with Crippen molar-refractivity contribution in [1.82, 2.24) is 0 Å². The molecule has 0 aromatic rings. The number of rotatable bonds is 3. The highest BCUT2D eigenvalue weighted by atomic mass is 16.7. The van der Waals surface area contributed by atoms with Crippen molar-refractivity contribution in [2.45, 2.75) is 63.1 Å². The minimum absolute atomic E-state index is 0.122. The molecule has 0 aromatic carbocycles. The van der Waals surface area contributed by atoms with Gasteiger partial charge in [-0.15, -0.1) is 6.58 Å². The molecule has 4 rings (SSSR count). The molecule has 1 aliphatic carbocycles. The number of ether oxygens (including phenoxy) is 2. The number of hydrogen-bond acceptors (Lipinski definition) is 3. The predicted octanol–water partition coefficient (Wildman–Crippen LogP) is 2.80. The lowest BCUT2D eigenvalue weighted by atomic mass is 9.60. The Bertz CT molecular complexity index is 487. The van der Waals surface area contributed by atoms with Crippen LogP contribution in [0.3, 0.4) is 0 Å². The highest BCUT2D eigenvalue weighted by Crippen LogP contribution is 2.68. The normalized spacial score (nSPS) is 59.0. The molecule has 3 heterocycles. The molecule has 3 heteroatoms. The van der Waals surface area contributed by atoms with Crippen molar-refractivity contribution in [2.75, 3.05) is 0 Å². The van der Waals surface area contributed by atoms with Crippen LogP contribution in [0.15, 0.2) is 24.8 Å². The van der Waals surface area contributed by atoms with E-state index in [9.17, 15) is 5.11 Å². The molecule has 4 aliphatic rings. The molecule has 0 saturated carbocycles. The first-order valence-corrected chi connectivity index (χ1v) is 7.86. The zero-order valence-corrected chi connectivity index (χ0v) is 12.3. The molecular weight excluding hydrogens is 252 g/mol. The highest BCUT2D eigenvalue weighted by molar-refractivity contribution is 5.33. The van der Waals surface area contributed by atoms with Gasteiger partial charge in [-0.2, -0.15) is 0 Å². The van der Waals surface area contributed by atoms with Gasteiger partial charge in [0, 0.05) is 11.8 Å². The second kappa shape index (κ2) is 3.76. The van der Waals surface area contributed by atoms with Crippen LogP contribution in [-0.4, -0.2) is 28.7 Å². The Morgan fingerprint density at radius 2 is 2.15 bits per heavy atom. The van der Waals surface area contributed by atoms with E-state index in [-0.39, 0.29) is 35.1 Å². The molecule has 1 unspecified atom stereocenters. The van der Waals surface area contributed by atoms with Crippen molar-refractivity contribution in [2.24, 2.45) is 17.3 Å². The second-order valence-electron chi connectivity index (χ2n) is 7.28. The van der Waals surface area contributed by atoms with Gasteiger partial charge in [0.25, 0.3) is 0 Å². The van der Waals surface area contributed by atoms with Gasteiger partial charge in [0.15, 0.2) is 5.79 Å². The highest BCUT2D eigenvalue weighted by Gasteiger charge is 2.75. The zero-order chi connectivity index (χ0) is 14.2. The Kier molecular flexibility index (Phi) is 2.45. The summed E-state index contributed by atoms with van der Waals surface area (Å²) in [4.78, 5) is 0. The molecular formula is C17H24O3. The largest absolute Gasteiger partial charge is 0.364 e. The summed E-state index contributed by atoms with van der Waals surface area (Å²) in [6.45, 7) is 8.10. The first-order chi connectivity index (χ1) is 9.47. The fraction of sp³-hybridized carbons (Fsp3) is 0.765. The van der Waals surface area contributed by atoms with Gasteiger partial charge in [-0.25, -0.2) is 0 Å². The van der Waals surface area contributed by atoms with Crippen LogP contribution < -0.4 is 0 Å². The molecule has 3 saturated heterocycles. The van der Waals surface area contributed by atoms with E-state index in [1.54, 1.807) is 0 Å². The van der Waals surface area contributed by atoms with E-state index in [0.717, 1.165) is 25.7 Å². The lowest BCUT2D eigenvalue weighted by molar-refractivity contribution is -0.277. The smallest absolute Gasteiger partial charge is 0.177 e. The fourth-order valence-electron chi connectivity index (χ4n) is 4.99. The maximum Gasteiger partial charge on any atom is 0.177 e. The van der Waals surface area contributed by atoms with Crippen LogP contribution in [0.25, 0.3) is 0 Å². The third-order valence-electron chi connectivity index (χ3n) is 6.23. The molecule has 3 fully saturated rings. The van der Waals surface area contributed by atoms with Gasteiger partial charge >= 0.3 is 0 Å². The van der Waals surface area contributed by atoms with E-state index < -0.39 is 5.79 Å². The average molecular weight is 276 g/mol. The van der Waals surface area contributed by atoms with Crippen LogP contribution in [0.4, 0.5) is 0 Å². The number of allylic oxidation sites excluding steroid dienone is 1. The summed E-state index contributed by atoms with van der Waals surface area (Å²) in [5.41, 5.74) is -0.425. The molecule has 3 aliphatic heterocycles. The topological polar surface area (TPSA) is 42.0 Å². The van der Waals surface area contributed by atoms with Crippen LogP contribution in [0.2, 0.25) is 0 Å². The molecule has 0 radical (unpaired) electrons. The summed E-state index contributed by atoms with van der Waals surface area (Å²) in [5, 5.41) is 11.3. The summed E-state index contributed by atoms with van der Waals surface area (Å²) < 4.78 is 12.1. The Hall–Kier alpha value is -0.640. The molecule has 3 nitrogen and oxygen atoms in total. The number of aliphatic hydroxyl groups is 1. The van der Waals surface area contributed by atoms with Gasteiger partial charge < -0.3 is 14.6 Å². The number of hydrogen-bond donors (Lipinski definition) is 1. The van der Waals surface area contributed by atoms with Gasteiger partial charge in [-0.1, -0.05) is 25.2 Å². The van der Waals surface area contributed by atoms with Crippen molar-refractivity contribution < 1.29 is 14.6 Å². The lowest BCUT2D eigenvalue weighted by Gasteiger charge is -2.46. The summed E-state index contributed by atoms with van der Waals surface area (Å²) in [5.74, 6) is -0.582. The maximum atomic E-state index is 11.3. The van der Waals surface area contributed by atoms with E-state index in [2.05, 4.69) is 32.6 Å². The first kappa shape index (κ1) is 13.1. The molecule has 20 heavy (non-hydrogen) atoms. The Morgan fingerprint density at radius 3 is 2.90 bits per heavy atom. The van der Waals surface area contributed by atoms with Crippen LogP contribution in [0.5, 0.6) is 0 Å². The van der Waals surface area contributed by atoms with Crippen LogP contribution in [0, 0.1) is 17.3 Å². The minimum atomic E-state index is -1.03. The van der Waals surface area contributed by atoms with Crippen LogP contribution in [0.1, 0.15) is 39.5 Å². The van der Waals surface area contributed by atoms with Gasteiger partial charge in [0.2, 0.25) is 0 Å². The van der Waals surface area contributed by atoms with Crippen molar-refractivity contribution in [1.29, 1.82) is 0 Å². The van der Waals surface area contributed by atoms with Crippen molar-refractivity contribution in [3.63, 3.8) is 0 Å². The van der Waals surface area contributed by atoms with Gasteiger partial charge in [0.05, 0.1) is 17.6 Å². The molecule has 1 N–H and O–H groups in total. The van der Waals surface area contributed by atoms with E-state index >= 15 is 0 Å². The van der Waals surface area contributed by atoms with E-state index in [4.69, 9.17) is 9.47 Å². The monoisotopic (exact) mass is 276 g/mol. The fourth-order valence-corrected chi connectivity index (χ4v) is 4.99. The van der Waals surface area contributed by atoms with Crippen LogP contribution in [-0.2, 0) is 9.47 Å². The third-order valence-corrected chi connectivity index (χ3v) is 6.23. The lowest BCUT2D eigenvalue weighted by Crippen LogP contribution is -2.53. The molecule has 110 valence electrons. The number of epoxide rings is 1. The summed E-state index contributed by atoms with van der Waals surface area (Å²) in [6.07, 6.45) is 10.5. The maximum absolute atomic E-state index is 11.3. The Labute approximate surface area is 120 Å². The molecule has 2 bridgehead atoms. The van der Waals surface area contributed by atoms with Gasteiger partial charge in [0.1, 0.15) is 5.60 Å². The standard InChI is InChI=1S/C17H24O3/c1-4-5-8-16-10-9-15(3)14(20-15)13(16)12-7-6-11(2)17(16,18)19-12/h4,9-14,18H,1,5-8H2,2-3H3/t11-,12-,13-,14-,15+,16+,17?/m1/s1.